The highest BCUT2D eigenvalue weighted by atomic mass is 19.4. The molecule has 1 fully saturated rings. The first-order chi connectivity index (χ1) is 9.34. The molecule has 0 saturated carbocycles. The molecular formula is C13H12BF4NO. The maximum atomic E-state index is 13.9. The first-order valence-corrected chi connectivity index (χ1v) is 6.29. The van der Waals surface area contributed by atoms with Crippen molar-refractivity contribution >= 4 is 6.71 Å². The normalized spacial score (nSPS) is 23.5. The summed E-state index contributed by atoms with van der Waals surface area (Å²) in [6.45, 7) is -0.579. The van der Waals surface area contributed by atoms with E-state index >= 15 is 0 Å². The molecule has 1 N–H and O–H groups in total. The SMILES string of the molecule is N#CB1CCCC(O)C1c1ccc(C(F)(F)F)cc1F. The molecule has 0 aromatic heterocycles. The summed E-state index contributed by atoms with van der Waals surface area (Å²) in [6.07, 6.45) is -3.93. The molecule has 0 bridgehead atoms. The van der Waals surface area contributed by atoms with Gasteiger partial charge in [-0.1, -0.05) is 18.8 Å². The fourth-order valence-corrected chi connectivity index (χ4v) is 2.72. The quantitative estimate of drug-likeness (QED) is 0.636. The van der Waals surface area contributed by atoms with Gasteiger partial charge < -0.3 is 5.11 Å². The van der Waals surface area contributed by atoms with Crippen molar-refractivity contribution in [2.75, 3.05) is 0 Å². The van der Waals surface area contributed by atoms with Crippen LogP contribution in [0.4, 0.5) is 17.6 Å². The number of nitriles is 1. The van der Waals surface area contributed by atoms with E-state index in [0.717, 1.165) is 12.1 Å². The van der Waals surface area contributed by atoms with Gasteiger partial charge in [0, 0.05) is 11.8 Å². The zero-order valence-corrected chi connectivity index (χ0v) is 10.5. The lowest BCUT2D eigenvalue weighted by Crippen LogP contribution is -2.37. The number of alkyl halides is 3. The molecule has 2 atom stereocenters. The first kappa shape index (κ1) is 14.9. The van der Waals surface area contributed by atoms with Gasteiger partial charge >= 0.3 is 6.18 Å². The van der Waals surface area contributed by atoms with Gasteiger partial charge in [-0.05, 0) is 24.1 Å². The van der Waals surface area contributed by atoms with Gasteiger partial charge in [-0.25, -0.2) is 9.65 Å². The molecule has 106 valence electrons. The standard InChI is InChI=1S/C13H12BF4NO/c15-10-6-8(13(16,17)18)3-4-9(10)12-11(20)2-1-5-14(12)7-19/h3-4,6,11-12,20H,1-2,5H2. The Hall–Kier alpha value is -1.55. The second-order valence-electron chi connectivity index (χ2n) is 4.99. The van der Waals surface area contributed by atoms with E-state index in [9.17, 15) is 22.7 Å². The van der Waals surface area contributed by atoms with Crippen LogP contribution in [-0.4, -0.2) is 17.9 Å². The second-order valence-corrected chi connectivity index (χ2v) is 4.99. The monoisotopic (exact) mass is 285 g/mol. The van der Waals surface area contributed by atoms with Crippen molar-refractivity contribution in [2.24, 2.45) is 0 Å². The summed E-state index contributed by atoms with van der Waals surface area (Å²) in [5.41, 5.74) is -1.09. The second kappa shape index (κ2) is 5.45. The smallest absolute Gasteiger partial charge is 0.393 e. The van der Waals surface area contributed by atoms with Gasteiger partial charge in [0.1, 0.15) is 5.82 Å². The summed E-state index contributed by atoms with van der Waals surface area (Å²) in [6, 6.07) is 2.24. The molecule has 1 saturated heterocycles. The molecule has 20 heavy (non-hydrogen) atoms. The van der Waals surface area contributed by atoms with Crippen molar-refractivity contribution in [3.05, 3.63) is 35.1 Å². The van der Waals surface area contributed by atoms with Crippen LogP contribution in [0.25, 0.3) is 0 Å². The predicted molar refractivity (Wildman–Crippen MR) is 65.6 cm³/mol. The van der Waals surface area contributed by atoms with Gasteiger partial charge in [-0.2, -0.15) is 13.2 Å². The molecule has 7 heteroatoms. The molecule has 2 nitrogen and oxygen atoms in total. The first-order valence-electron chi connectivity index (χ1n) is 6.29. The summed E-state index contributed by atoms with van der Waals surface area (Å²) in [5, 5.41) is 19.0. The Morgan fingerprint density at radius 2 is 2.05 bits per heavy atom. The number of nitrogens with zero attached hydrogens (tertiary/aromatic N) is 1. The molecule has 0 aliphatic carbocycles. The van der Waals surface area contributed by atoms with E-state index in [0.29, 0.717) is 25.2 Å². The van der Waals surface area contributed by atoms with E-state index in [1.807, 2.05) is 5.97 Å². The van der Waals surface area contributed by atoms with Gasteiger partial charge in [0.05, 0.1) is 11.7 Å². The largest absolute Gasteiger partial charge is 0.416 e. The Kier molecular flexibility index (Phi) is 4.05. The summed E-state index contributed by atoms with van der Waals surface area (Å²) < 4.78 is 51.4. The minimum absolute atomic E-state index is 0.0169. The Morgan fingerprint density at radius 3 is 2.60 bits per heavy atom. The molecule has 0 spiro atoms. The van der Waals surface area contributed by atoms with Crippen LogP contribution in [0.2, 0.25) is 6.32 Å². The minimum atomic E-state index is -4.61. The van der Waals surface area contributed by atoms with Crippen LogP contribution in [0.5, 0.6) is 0 Å². The third-order valence-electron chi connectivity index (χ3n) is 3.72. The molecule has 0 radical (unpaired) electrons. The summed E-state index contributed by atoms with van der Waals surface area (Å²) in [7, 11) is 0. The van der Waals surface area contributed by atoms with Crippen LogP contribution < -0.4 is 0 Å². The van der Waals surface area contributed by atoms with E-state index in [2.05, 4.69) is 0 Å². The van der Waals surface area contributed by atoms with Crippen molar-refractivity contribution in [3.63, 3.8) is 0 Å². The molecule has 2 rings (SSSR count). The fraction of sp³-hybridized carbons (Fsp3) is 0.462. The highest BCUT2D eigenvalue weighted by Crippen LogP contribution is 2.36. The summed E-state index contributed by atoms with van der Waals surface area (Å²) in [4.78, 5) is 0. The minimum Gasteiger partial charge on any atom is -0.393 e. The zero-order valence-electron chi connectivity index (χ0n) is 10.5. The molecule has 1 aliphatic rings. The molecule has 1 heterocycles. The lowest BCUT2D eigenvalue weighted by molar-refractivity contribution is -0.137. The van der Waals surface area contributed by atoms with Gasteiger partial charge in [-0.3, -0.25) is 0 Å². The number of aliphatic hydroxyl groups is 1. The van der Waals surface area contributed by atoms with Crippen molar-refractivity contribution in [3.8, 4) is 5.97 Å². The average molecular weight is 285 g/mol. The van der Waals surface area contributed by atoms with E-state index in [1.165, 1.54) is 0 Å². The number of hydrogen-bond acceptors (Lipinski definition) is 2. The maximum absolute atomic E-state index is 13.9. The third-order valence-corrected chi connectivity index (χ3v) is 3.72. The Bertz CT molecular complexity index is 540. The highest BCUT2D eigenvalue weighted by Gasteiger charge is 2.39. The van der Waals surface area contributed by atoms with Crippen molar-refractivity contribution in [1.29, 1.82) is 5.26 Å². The molecule has 1 aromatic rings. The van der Waals surface area contributed by atoms with Crippen LogP contribution in [0.1, 0.15) is 29.8 Å². The highest BCUT2D eigenvalue weighted by molar-refractivity contribution is 6.68. The van der Waals surface area contributed by atoms with Crippen LogP contribution in [0.15, 0.2) is 18.2 Å². The van der Waals surface area contributed by atoms with Gasteiger partial charge in [0.2, 0.25) is 0 Å². The summed E-state index contributed by atoms with van der Waals surface area (Å²) in [5.74, 6) is 0.216. The molecular weight excluding hydrogens is 273 g/mol. The Morgan fingerprint density at radius 1 is 1.35 bits per heavy atom. The predicted octanol–water partition coefficient (Wildman–Crippen LogP) is 3.18. The van der Waals surface area contributed by atoms with E-state index < -0.39 is 36.2 Å². The van der Waals surface area contributed by atoms with Gasteiger partial charge in [0.25, 0.3) is 6.71 Å². The fourth-order valence-electron chi connectivity index (χ4n) is 2.72. The van der Waals surface area contributed by atoms with E-state index in [-0.39, 0.29) is 5.56 Å². The van der Waals surface area contributed by atoms with Crippen LogP contribution >= 0.6 is 0 Å². The zero-order chi connectivity index (χ0) is 14.9. The van der Waals surface area contributed by atoms with Crippen LogP contribution in [0, 0.1) is 17.0 Å². The van der Waals surface area contributed by atoms with E-state index in [4.69, 9.17) is 5.26 Å². The van der Waals surface area contributed by atoms with Crippen LogP contribution in [0.3, 0.4) is 0 Å². The number of halogens is 4. The molecule has 0 amide bonds. The Labute approximate surface area is 114 Å². The topological polar surface area (TPSA) is 44.0 Å². The lowest BCUT2D eigenvalue weighted by atomic mass is 9.35. The van der Waals surface area contributed by atoms with Crippen molar-refractivity contribution in [1.82, 2.24) is 0 Å². The third kappa shape index (κ3) is 2.80. The van der Waals surface area contributed by atoms with Gasteiger partial charge in [0.15, 0.2) is 0 Å². The maximum Gasteiger partial charge on any atom is 0.416 e. The lowest BCUT2D eigenvalue weighted by Gasteiger charge is -2.30. The van der Waals surface area contributed by atoms with Crippen molar-refractivity contribution in [2.45, 2.75) is 37.3 Å². The number of benzene rings is 1. The number of hydrogen-bond donors (Lipinski definition) is 1. The molecule has 1 aliphatic heterocycles. The summed E-state index contributed by atoms with van der Waals surface area (Å²) >= 11 is 0. The molecule has 2 unspecified atom stereocenters. The average Bonchev–Trinajstić information content (AvgIpc) is 2.38. The van der Waals surface area contributed by atoms with Gasteiger partial charge in [-0.15, -0.1) is 0 Å². The number of aliphatic hydroxyl groups excluding tert-OH is 1. The van der Waals surface area contributed by atoms with E-state index in [1.54, 1.807) is 0 Å². The van der Waals surface area contributed by atoms with Crippen molar-refractivity contribution < 1.29 is 22.7 Å². The number of rotatable bonds is 1. The van der Waals surface area contributed by atoms with Crippen LogP contribution in [-0.2, 0) is 6.18 Å². The molecule has 1 aromatic carbocycles. The Balaban J connectivity index is 2.39.